The number of carbonyl (C=O) groups excluding carboxylic acids is 3. The third-order valence-corrected chi connectivity index (χ3v) is 6.69. The number of ketones is 1. The van der Waals surface area contributed by atoms with Crippen LogP contribution in [-0.4, -0.2) is 43.5 Å². The summed E-state index contributed by atoms with van der Waals surface area (Å²) in [5.41, 5.74) is -5.37. The van der Waals surface area contributed by atoms with Gasteiger partial charge in [0.2, 0.25) is 5.54 Å². The van der Waals surface area contributed by atoms with Gasteiger partial charge in [0, 0.05) is 22.7 Å². The number of Topliss-reactive ketones (excluding diaryl/α,β-unsaturated/α-hetero) is 1. The van der Waals surface area contributed by atoms with Gasteiger partial charge in [-0.25, -0.2) is 0 Å². The number of alkyl halides is 3. The lowest BCUT2D eigenvalue weighted by molar-refractivity contribution is -0.186. The van der Waals surface area contributed by atoms with Crippen LogP contribution in [0.15, 0.2) is 53.7 Å². The van der Waals surface area contributed by atoms with Gasteiger partial charge in [0.25, 0.3) is 11.8 Å². The number of carbonyl (C=O) groups is 3. The molecule has 1 heterocycles. The predicted molar refractivity (Wildman–Crippen MR) is 130 cm³/mol. The molecule has 1 atom stereocenters. The number of hydrogen-bond donors (Lipinski definition) is 1. The summed E-state index contributed by atoms with van der Waals surface area (Å²) in [6.45, 7) is 3.45. The topological polar surface area (TPSA) is 84.9 Å². The molecule has 0 aromatic heterocycles. The van der Waals surface area contributed by atoms with Crippen molar-refractivity contribution in [2.45, 2.75) is 38.4 Å². The fourth-order valence-corrected chi connectivity index (χ4v) is 5.04. The SMILES string of the molecule is COc1ccc(C(=O)NC2(C(F)(F)F)C(=O)N(c3cccc(Cl)c3)C3=C2C(=O)CC(C)(C)C3)cc1OC. The van der Waals surface area contributed by atoms with Gasteiger partial charge in [0.1, 0.15) is 0 Å². The fraction of sp³-hybridized carbons (Fsp3) is 0.346. The van der Waals surface area contributed by atoms with Gasteiger partial charge in [-0.05, 0) is 48.2 Å². The first-order valence-corrected chi connectivity index (χ1v) is 11.6. The molecule has 0 saturated heterocycles. The second-order valence-electron chi connectivity index (χ2n) is 9.65. The van der Waals surface area contributed by atoms with E-state index in [2.05, 4.69) is 0 Å². The number of amides is 2. The fourth-order valence-electron chi connectivity index (χ4n) is 4.86. The first-order valence-electron chi connectivity index (χ1n) is 11.2. The van der Waals surface area contributed by atoms with E-state index >= 15 is 0 Å². The molecule has 196 valence electrons. The van der Waals surface area contributed by atoms with Crippen LogP contribution in [0.25, 0.3) is 0 Å². The average molecular weight is 537 g/mol. The number of benzene rings is 2. The number of anilines is 1. The maximum Gasteiger partial charge on any atom is 0.425 e. The normalized spacial score (nSPS) is 21.1. The maximum atomic E-state index is 15.0. The van der Waals surface area contributed by atoms with Crippen LogP contribution in [0.5, 0.6) is 11.5 Å². The van der Waals surface area contributed by atoms with Crippen LogP contribution in [0.4, 0.5) is 18.9 Å². The highest BCUT2D eigenvalue weighted by molar-refractivity contribution is 6.31. The molecule has 1 unspecified atom stereocenters. The standard InChI is InChI=1S/C26H24ClF3N2O5/c1-24(2)12-17-21(18(33)13-24)25(26(28,29)30,23(35)32(17)16-7-5-6-15(27)11-16)31-22(34)14-8-9-19(36-3)20(10-14)37-4/h5-11H,12-13H2,1-4H3,(H,31,34). The van der Waals surface area contributed by atoms with Gasteiger partial charge in [-0.15, -0.1) is 0 Å². The Morgan fingerprint density at radius 3 is 2.30 bits per heavy atom. The molecular weight excluding hydrogens is 513 g/mol. The molecule has 2 amide bonds. The highest BCUT2D eigenvalue weighted by atomic mass is 35.5. The highest BCUT2D eigenvalue weighted by Crippen LogP contribution is 2.53. The second-order valence-corrected chi connectivity index (χ2v) is 10.1. The van der Waals surface area contributed by atoms with Gasteiger partial charge in [0.05, 0.1) is 25.5 Å². The largest absolute Gasteiger partial charge is 0.493 e. The highest BCUT2D eigenvalue weighted by Gasteiger charge is 2.72. The molecule has 37 heavy (non-hydrogen) atoms. The zero-order valence-corrected chi connectivity index (χ0v) is 21.2. The molecule has 7 nitrogen and oxygen atoms in total. The average Bonchev–Trinajstić information content (AvgIpc) is 3.05. The van der Waals surface area contributed by atoms with Crippen molar-refractivity contribution in [2.24, 2.45) is 5.41 Å². The van der Waals surface area contributed by atoms with Crippen LogP contribution in [0.2, 0.25) is 5.02 Å². The molecule has 0 fully saturated rings. The van der Waals surface area contributed by atoms with Gasteiger partial charge >= 0.3 is 6.18 Å². The van der Waals surface area contributed by atoms with Crippen molar-refractivity contribution >= 4 is 34.9 Å². The van der Waals surface area contributed by atoms with Gasteiger partial charge in [0.15, 0.2) is 17.3 Å². The Labute approximate surface area is 216 Å². The lowest BCUT2D eigenvalue weighted by Gasteiger charge is -2.35. The molecule has 11 heteroatoms. The van der Waals surface area contributed by atoms with Crippen molar-refractivity contribution in [1.29, 1.82) is 0 Å². The summed E-state index contributed by atoms with van der Waals surface area (Å²) in [5, 5.41) is 2.08. The van der Waals surface area contributed by atoms with Crippen LogP contribution in [0.3, 0.4) is 0 Å². The number of hydrogen-bond acceptors (Lipinski definition) is 5. The number of nitrogens with one attached hydrogen (secondary N) is 1. The van der Waals surface area contributed by atoms with Crippen molar-refractivity contribution in [3.8, 4) is 11.5 Å². The molecule has 0 saturated carbocycles. The van der Waals surface area contributed by atoms with Crippen LogP contribution >= 0.6 is 11.6 Å². The molecule has 2 aliphatic rings. The van der Waals surface area contributed by atoms with Crippen molar-refractivity contribution in [3.05, 3.63) is 64.3 Å². The van der Waals surface area contributed by atoms with E-state index in [0.29, 0.717) is 0 Å². The Bertz CT molecular complexity index is 1340. The Morgan fingerprint density at radius 2 is 1.70 bits per heavy atom. The van der Waals surface area contributed by atoms with Crippen molar-refractivity contribution in [1.82, 2.24) is 5.32 Å². The lowest BCUT2D eigenvalue weighted by atomic mass is 9.72. The molecule has 4 rings (SSSR count). The van der Waals surface area contributed by atoms with Crippen LogP contribution in [-0.2, 0) is 9.59 Å². The summed E-state index contributed by atoms with van der Waals surface area (Å²) in [4.78, 5) is 41.2. The molecule has 0 radical (unpaired) electrons. The summed E-state index contributed by atoms with van der Waals surface area (Å²) in [6, 6.07) is 9.51. The minimum Gasteiger partial charge on any atom is -0.493 e. The number of halogens is 4. The van der Waals surface area contributed by atoms with Gasteiger partial charge in [-0.3, -0.25) is 19.3 Å². The predicted octanol–water partition coefficient (Wildman–Crippen LogP) is 5.08. The van der Waals surface area contributed by atoms with Crippen molar-refractivity contribution < 1.29 is 37.0 Å². The van der Waals surface area contributed by atoms with Gasteiger partial charge in [-0.1, -0.05) is 31.5 Å². The second kappa shape index (κ2) is 9.09. The number of nitrogens with zero attached hydrogens (tertiary/aromatic N) is 1. The first-order chi connectivity index (χ1) is 17.3. The van der Waals surface area contributed by atoms with E-state index < -0.39 is 40.3 Å². The quantitative estimate of drug-likeness (QED) is 0.576. The lowest BCUT2D eigenvalue weighted by Crippen LogP contribution is -2.66. The number of ether oxygens (including phenoxy) is 2. The van der Waals surface area contributed by atoms with Crippen LogP contribution in [0, 0.1) is 5.41 Å². The van der Waals surface area contributed by atoms with Crippen LogP contribution < -0.4 is 19.7 Å². The Kier molecular flexibility index (Phi) is 6.52. The monoisotopic (exact) mass is 536 g/mol. The molecule has 0 bridgehead atoms. The van der Waals surface area contributed by atoms with Gasteiger partial charge < -0.3 is 14.8 Å². The molecular formula is C26H24ClF3N2O5. The van der Waals surface area contributed by atoms with E-state index in [1.54, 1.807) is 13.8 Å². The van der Waals surface area contributed by atoms with E-state index in [9.17, 15) is 27.6 Å². The van der Waals surface area contributed by atoms with Crippen LogP contribution in [0.1, 0.15) is 37.0 Å². The molecule has 1 aliphatic carbocycles. The van der Waals surface area contributed by atoms with E-state index in [1.165, 1.54) is 56.7 Å². The zero-order valence-electron chi connectivity index (χ0n) is 20.5. The number of methoxy groups -OCH3 is 2. The molecule has 0 spiro atoms. The summed E-state index contributed by atoms with van der Waals surface area (Å²) >= 11 is 6.07. The molecule has 2 aromatic rings. The third kappa shape index (κ3) is 4.33. The Morgan fingerprint density at radius 1 is 1.03 bits per heavy atom. The minimum absolute atomic E-state index is 0.00359. The number of rotatable bonds is 5. The van der Waals surface area contributed by atoms with E-state index in [0.717, 1.165) is 4.90 Å². The van der Waals surface area contributed by atoms with Crippen molar-refractivity contribution in [2.75, 3.05) is 19.1 Å². The molecule has 1 aliphatic heterocycles. The summed E-state index contributed by atoms with van der Waals surface area (Å²) < 4.78 is 55.2. The molecule has 2 aromatic carbocycles. The maximum absolute atomic E-state index is 15.0. The minimum atomic E-state index is -5.35. The van der Waals surface area contributed by atoms with E-state index in [1.807, 2.05) is 5.32 Å². The summed E-state index contributed by atoms with van der Waals surface area (Å²) in [7, 11) is 2.67. The number of allylic oxidation sites excluding steroid dienone is 1. The van der Waals surface area contributed by atoms with E-state index in [-0.39, 0.29) is 46.3 Å². The molecule has 1 N–H and O–H groups in total. The zero-order chi connectivity index (χ0) is 27.3. The summed E-state index contributed by atoms with van der Waals surface area (Å²) in [5.74, 6) is -3.24. The smallest absolute Gasteiger partial charge is 0.425 e. The summed E-state index contributed by atoms with van der Waals surface area (Å²) in [6.07, 6.45) is -5.58. The van der Waals surface area contributed by atoms with Crippen molar-refractivity contribution in [3.63, 3.8) is 0 Å². The third-order valence-electron chi connectivity index (χ3n) is 6.46. The van der Waals surface area contributed by atoms with E-state index in [4.69, 9.17) is 21.1 Å². The van der Waals surface area contributed by atoms with Gasteiger partial charge in [-0.2, -0.15) is 13.2 Å². The first kappa shape index (κ1) is 26.5. The Balaban J connectivity index is 1.91. The Hall–Kier alpha value is -3.53.